The molecule has 0 aromatic rings. The number of carbonyl (C=O) groups is 2. The molecule has 0 aromatic carbocycles. The van der Waals surface area contributed by atoms with E-state index in [-0.39, 0.29) is 25.6 Å². The summed E-state index contributed by atoms with van der Waals surface area (Å²) in [5, 5.41) is 9.70. The van der Waals surface area contributed by atoms with Gasteiger partial charge in [-0.3, -0.25) is 14.1 Å². The number of aliphatic hydroxyl groups is 1. The van der Waals surface area contributed by atoms with Crippen molar-refractivity contribution in [3.05, 3.63) is 85.1 Å². The first kappa shape index (κ1) is 50.2. The molecule has 0 radical (unpaired) electrons. The average molecular weight is 763 g/mol. The Labute approximate surface area is 321 Å². The lowest BCUT2D eigenvalue weighted by atomic mass is 10.1. The summed E-state index contributed by atoms with van der Waals surface area (Å²) in [5.74, 6) is -1.04. The maximum atomic E-state index is 12.4. The van der Waals surface area contributed by atoms with Gasteiger partial charge in [-0.25, -0.2) is 4.57 Å². The number of allylic oxidation sites excluding steroid dienone is 13. The van der Waals surface area contributed by atoms with Crippen LogP contribution in [0.15, 0.2) is 85.1 Å². The Bertz CT molecular complexity index is 1150. The van der Waals surface area contributed by atoms with Crippen LogP contribution in [0.4, 0.5) is 0 Å². The van der Waals surface area contributed by atoms with E-state index in [9.17, 15) is 19.3 Å². The molecule has 302 valence electrons. The van der Waals surface area contributed by atoms with Crippen molar-refractivity contribution in [2.75, 3.05) is 13.2 Å². The quantitative estimate of drug-likeness (QED) is 0.0249. The molecule has 0 aromatic heterocycles. The zero-order chi connectivity index (χ0) is 39.1. The van der Waals surface area contributed by atoms with E-state index < -0.39 is 32.5 Å². The van der Waals surface area contributed by atoms with E-state index in [0.29, 0.717) is 32.1 Å². The summed E-state index contributed by atoms with van der Waals surface area (Å²) in [5.41, 5.74) is 0. The maximum absolute atomic E-state index is 12.4. The molecule has 3 N–H and O–H groups in total. The number of rotatable bonds is 35. The highest BCUT2D eigenvalue weighted by atomic mass is 31.2. The van der Waals surface area contributed by atoms with Crippen molar-refractivity contribution >= 4 is 19.8 Å². The van der Waals surface area contributed by atoms with Crippen LogP contribution < -0.4 is 0 Å². The van der Waals surface area contributed by atoms with Gasteiger partial charge < -0.3 is 24.4 Å². The Hall–Kier alpha value is -2.81. The minimum absolute atomic E-state index is 0.106. The third-order valence-corrected chi connectivity index (χ3v) is 8.43. The molecule has 0 aliphatic heterocycles. The van der Waals surface area contributed by atoms with Crippen molar-refractivity contribution in [2.24, 2.45) is 0 Å². The van der Waals surface area contributed by atoms with Crippen LogP contribution in [0.3, 0.4) is 0 Å². The molecule has 0 aliphatic rings. The standard InChI is InChI=1S/C43H71O9P/c1-3-5-6-7-8-9-10-11-12-13-14-17-20-23-26-29-32-36-42(45)50-38-41(39-51-53(47,48)49)52-43(46)37-33-30-27-24-21-18-15-16-19-22-25-28-31-35-40(44)34-4-2/h11-12,14-15,17-19,22-24,26-28,31,40-41,44H,3-10,13,16,20-21,25,29-30,32-39H2,1-2H3,(H2,47,48,49)/b12-11-,17-14-,18-15-,22-19-,26-23-,27-24-,31-28-/t40?,41-/m1/s1. The van der Waals surface area contributed by atoms with E-state index in [2.05, 4.69) is 79.1 Å². The lowest BCUT2D eigenvalue weighted by Gasteiger charge is -2.18. The van der Waals surface area contributed by atoms with Crippen LogP contribution >= 0.6 is 7.82 Å². The van der Waals surface area contributed by atoms with E-state index in [1.165, 1.54) is 38.5 Å². The highest BCUT2D eigenvalue weighted by Gasteiger charge is 2.22. The fourth-order valence-corrected chi connectivity index (χ4v) is 5.34. The normalized spacial score (nSPS) is 14.0. The largest absolute Gasteiger partial charge is 0.469 e. The summed E-state index contributed by atoms with van der Waals surface area (Å²) < 4.78 is 26.2. The Morgan fingerprint density at radius 1 is 0.566 bits per heavy atom. The molecule has 9 nitrogen and oxygen atoms in total. The van der Waals surface area contributed by atoms with Crippen LogP contribution in [0.1, 0.15) is 149 Å². The molecule has 1 unspecified atom stereocenters. The number of hydrogen-bond donors (Lipinski definition) is 3. The zero-order valence-electron chi connectivity index (χ0n) is 32.7. The molecule has 0 rings (SSSR count). The van der Waals surface area contributed by atoms with Gasteiger partial charge in [-0.05, 0) is 83.5 Å². The number of unbranched alkanes of at least 4 members (excludes halogenated alkanes) is 8. The molecule has 10 heteroatoms. The van der Waals surface area contributed by atoms with E-state index in [1.54, 1.807) is 0 Å². The molecular weight excluding hydrogens is 691 g/mol. The monoisotopic (exact) mass is 762 g/mol. The van der Waals surface area contributed by atoms with Crippen LogP contribution in [0.25, 0.3) is 0 Å². The summed E-state index contributed by atoms with van der Waals surface area (Å²) in [7, 11) is -4.79. The highest BCUT2D eigenvalue weighted by Crippen LogP contribution is 2.35. The first-order valence-electron chi connectivity index (χ1n) is 20.0. The number of ether oxygens (including phenoxy) is 2. The maximum Gasteiger partial charge on any atom is 0.469 e. The summed E-state index contributed by atoms with van der Waals surface area (Å²) in [6, 6.07) is 0. The SMILES string of the molecule is CCCCCCCC/C=C\C/C=C\C/C=C\CCCC(=O)OC[C@H](COP(=O)(O)O)OC(=O)CCC/C=C\C/C=C\C/C=C\C/C=C\CC(O)CCC. The van der Waals surface area contributed by atoms with Crippen molar-refractivity contribution < 1.29 is 43.0 Å². The molecule has 0 spiro atoms. The molecule has 0 fully saturated rings. The topological polar surface area (TPSA) is 140 Å². The molecule has 53 heavy (non-hydrogen) atoms. The predicted molar refractivity (Wildman–Crippen MR) is 217 cm³/mol. The number of esters is 2. The van der Waals surface area contributed by atoms with Gasteiger partial charge in [-0.1, -0.05) is 137 Å². The van der Waals surface area contributed by atoms with Crippen molar-refractivity contribution in [3.63, 3.8) is 0 Å². The molecule has 0 aliphatic carbocycles. The molecule has 0 heterocycles. The molecular formula is C43H71O9P. The molecule has 0 saturated carbocycles. The smallest absolute Gasteiger partial charge is 0.462 e. The van der Waals surface area contributed by atoms with Gasteiger partial charge in [-0.15, -0.1) is 0 Å². The second-order valence-corrected chi connectivity index (χ2v) is 14.3. The Kier molecular flexibility index (Phi) is 35.5. The van der Waals surface area contributed by atoms with Gasteiger partial charge in [0, 0.05) is 12.8 Å². The van der Waals surface area contributed by atoms with Gasteiger partial charge in [0.15, 0.2) is 6.10 Å². The van der Waals surface area contributed by atoms with Gasteiger partial charge in [0.2, 0.25) is 0 Å². The third kappa shape index (κ3) is 40.2. The van der Waals surface area contributed by atoms with Gasteiger partial charge in [0.25, 0.3) is 0 Å². The zero-order valence-corrected chi connectivity index (χ0v) is 33.6. The van der Waals surface area contributed by atoms with Crippen LogP contribution in [0.5, 0.6) is 0 Å². The number of hydrogen-bond acceptors (Lipinski definition) is 7. The van der Waals surface area contributed by atoms with E-state index in [4.69, 9.17) is 19.3 Å². The number of carbonyl (C=O) groups excluding carboxylic acids is 2. The number of aliphatic hydroxyl groups excluding tert-OH is 1. The predicted octanol–water partition coefficient (Wildman–Crippen LogP) is 11.0. The van der Waals surface area contributed by atoms with E-state index in [0.717, 1.165) is 51.4 Å². The molecule has 0 bridgehead atoms. The van der Waals surface area contributed by atoms with Crippen molar-refractivity contribution in [1.29, 1.82) is 0 Å². The summed E-state index contributed by atoms with van der Waals surface area (Å²) >= 11 is 0. The second kappa shape index (κ2) is 37.5. The van der Waals surface area contributed by atoms with Gasteiger partial charge in [-0.2, -0.15) is 0 Å². The van der Waals surface area contributed by atoms with E-state index in [1.807, 2.05) is 24.3 Å². The van der Waals surface area contributed by atoms with Gasteiger partial charge >= 0.3 is 19.8 Å². The highest BCUT2D eigenvalue weighted by molar-refractivity contribution is 7.46. The van der Waals surface area contributed by atoms with Crippen molar-refractivity contribution in [1.82, 2.24) is 0 Å². The molecule has 2 atom stereocenters. The Morgan fingerprint density at radius 2 is 1.02 bits per heavy atom. The molecule has 0 saturated heterocycles. The summed E-state index contributed by atoms with van der Waals surface area (Å²) in [4.78, 5) is 42.7. The lowest BCUT2D eigenvalue weighted by Crippen LogP contribution is -2.29. The second-order valence-electron chi connectivity index (χ2n) is 13.1. The van der Waals surface area contributed by atoms with Crippen molar-refractivity contribution in [2.45, 2.75) is 161 Å². The first-order chi connectivity index (χ1) is 25.7. The Morgan fingerprint density at radius 3 is 1.53 bits per heavy atom. The summed E-state index contributed by atoms with van der Waals surface area (Å²) in [6.45, 7) is 3.37. The third-order valence-electron chi connectivity index (χ3n) is 7.94. The van der Waals surface area contributed by atoms with Crippen LogP contribution in [-0.2, 0) is 28.2 Å². The lowest BCUT2D eigenvalue weighted by molar-refractivity contribution is -0.161. The van der Waals surface area contributed by atoms with Gasteiger partial charge in [0.05, 0.1) is 12.7 Å². The molecule has 0 amide bonds. The number of phosphoric ester groups is 1. The van der Waals surface area contributed by atoms with E-state index >= 15 is 0 Å². The van der Waals surface area contributed by atoms with Gasteiger partial charge in [0.1, 0.15) is 6.61 Å². The fourth-order valence-electron chi connectivity index (χ4n) is 4.98. The van der Waals surface area contributed by atoms with Crippen LogP contribution in [0, 0.1) is 0 Å². The average Bonchev–Trinajstić information content (AvgIpc) is 3.12. The minimum atomic E-state index is -4.79. The first-order valence-corrected chi connectivity index (χ1v) is 21.5. The van der Waals surface area contributed by atoms with Crippen LogP contribution in [-0.4, -0.2) is 52.3 Å². The Balaban J connectivity index is 4.17. The number of phosphoric acid groups is 1. The van der Waals surface area contributed by atoms with Crippen LogP contribution in [0.2, 0.25) is 0 Å². The minimum Gasteiger partial charge on any atom is -0.462 e. The van der Waals surface area contributed by atoms with Crippen molar-refractivity contribution in [3.8, 4) is 0 Å². The fraction of sp³-hybridized carbons (Fsp3) is 0.628. The summed E-state index contributed by atoms with van der Waals surface area (Å²) in [6.07, 6.45) is 46.6.